The Bertz CT molecular complexity index is 568. The van der Waals surface area contributed by atoms with Gasteiger partial charge in [-0.15, -0.1) is 0 Å². The molecule has 6 heteroatoms. The SMILES string of the molecule is CCCOc1c(Cl)cc(C2NN=C3CCN(C)CC32)cc1Cl. The second-order valence-corrected chi connectivity index (χ2v) is 6.81. The number of hydrogen-bond donors (Lipinski definition) is 1. The maximum atomic E-state index is 6.37. The number of fused-ring (bicyclic) bond motifs is 1. The lowest BCUT2D eigenvalue weighted by molar-refractivity contribution is 0.272. The molecule has 1 saturated heterocycles. The minimum atomic E-state index is 0.132. The first-order valence-electron chi connectivity index (χ1n) is 7.72. The summed E-state index contributed by atoms with van der Waals surface area (Å²) in [6.45, 7) is 4.73. The maximum Gasteiger partial charge on any atom is 0.156 e. The summed E-state index contributed by atoms with van der Waals surface area (Å²) >= 11 is 12.7. The molecule has 2 unspecified atom stereocenters. The van der Waals surface area contributed by atoms with Crippen molar-refractivity contribution < 1.29 is 4.74 Å². The van der Waals surface area contributed by atoms with Gasteiger partial charge < -0.3 is 15.1 Å². The standard InChI is InChI=1S/C16H21Cl2N3O/c1-3-6-22-16-12(17)7-10(8-13(16)18)15-11-9-21(2)5-4-14(11)19-20-15/h7-8,11,15,20H,3-6,9H2,1-2H3. The maximum absolute atomic E-state index is 6.37. The zero-order valence-electron chi connectivity index (χ0n) is 12.9. The van der Waals surface area contributed by atoms with Crippen LogP contribution >= 0.6 is 23.2 Å². The molecule has 2 aliphatic rings. The number of piperidine rings is 1. The molecule has 120 valence electrons. The van der Waals surface area contributed by atoms with E-state index in [-0.39, 0.29) is 6.04 Å². The molecule has 0 aromatic heterocycles. The van der Waals surface area contributed by atoms with Gasteiger partial charge >= 0.3 is 0 Å². The van der Waals surface area contributed by atoms with E-state index in [2.05, 4.69) is 29.4 Å². The van der Waals surface area contributed by atoms with Crippen LogP contribution in [0.1, 0.15) is 31.4 Å². The fraction of sp³-hybridized carbons (Fsp3) is 0.562. The summed E-state index contributed by atoms with van der Waals surface area (Å²) in [5.41, 5.74) is 5.57. The van der Waals surface area contributed by atoms with E-state index < -0.39 is 0 Å². The van der Waals surface area contributed by atoms with Crippen LogP contribution in [-0.2, 0) is 0 Å². The number of ether oxygens (including phenoxy) is 1. The van der Waals surface area contributed by atoms with Crippen molar-refractivity contribution in [1.82, 2.24) is 10.3 Å². The van der Waals surface area contributed by atoms with Gasteiger partial charge in [0.2, 0.25) is 0 Å². The van der Waals surface area contributed by atoms with Gasteiger partial charge in [0.15, 0.2) is 5.75 Å². The quantitative estimate of drug-likeness (QED) is 0.906. The van der Waals surface area contributed by atoms with Gasteiger partial charge in [0.05, 0.1) is 22.7 Å². The molecule has 0 bridgehead atoms. The van der Waals surface area contributed by atoms with Crippen molar-refractivity contribution in [3.8, 4) is 5.75 Å². The first-order chi connectivity index (χ1) is 10.6. The van der Waals surface area contributed by atoms with Gasteiger partial charge in [-0.05, 0) is 31.2 Å². The number of nitrogens with zero attached hydrogens (tertiary/aromatic N) is 2. The van der Waals surface area contributed by atoms with Crippen molar-refractivity contribution in [2.75, 3.05) is 26.7 Å². The number of halogens is 2. The second kappa shape index (κ2) is 6.65. The van der Waals surface area contributed by atoms with Crippen molar-refractivity contribution in [2.45, 2.75) is 25.8 Å². The molecule has 0 amide bonds. The Balaban J connectivity index is 1.83. The normalized spacial score (nSPS) is 24.6. The molecule has 2 heterocycles. The second-order valence-electron chi connectivity index (χ2n) is 5.99. The van der Waals surface area contributed by atoms with Gasteiger partial charge in [-0.1, -0.05) is 30.1 Å². The van der Waals surface area contributed by atoms with Crippen LogP contribution in [0, 0.1) is 5.92 Å². The summed E-state index contributed by atoms with van der Waals surface area (Å²) in [5.74, 6) is 0.960. The predicted octanol–water partition coefficient (Wildman–Crippen LogP) is 3.73. The largest absolute Gasteiger partial charge is 0.490 e. The molecule has 2 atom stereocenters. The molecule has 22 heavy (non-hydrogen) atoms. The number of likely N-dealkylation sites (tertiary alicyclic amines) is 1. The van der Waals surface area contributed by atoms with E-state index in [1.54, 1.807) is 0 Å². The molecule has 1 N–H and O–H groups in total. The average Bonchev–Trinajstić information content (AvgIpc) is 2.89. The van der Waals surface area contributed by atoms with Crippen molar-refractivity contribution in [3.05, 3.63) is 27.7 Å². The Morgan fingerprint density at radius 1 is 1.36 bits per heavy atom. The van der Waals surface area contributed by atoms with Crippen LogP contribution in [0.2, 0.25) is 10.0 Å². The van der Waals surface area contributed by atoms with Crippen molar-refractivity contribution in [3.63, 3.8) is 0 Å². The van der Waals surface area contributed by atoms with Gasteiger partial charge in [-0.2, -0.15) is 5.10 Å². The van der Waals surface area contributed by atoms with Crippen LogP contribution in [0.3, 0.4) is 0 Å². The van der Waals surface area contributed by atoms with Crippen LogP contribution in [-0.4, -0.2) is 37.4 Å². The summed E-state index contributed by atoms with van der Waals surface area (Å²) in [4.78, 5) is 2.34. The summed E-state index contributed by atoms with van der Waals surface area (Å²) in [6.07, 6.45) is 1.94. The molecule has 0 radical (unpaired) electrons. The van der Waals surface area contributed by atoms with Crippen molar-refractivity contribution in [1.29, 1.82) is 0 Å². The predicted molar refractivity (Wildman–Crippen MR) is 91.2 cm³/mol. The molecule has 3 rings (SSSR count). The number of benzene rings is 1. The summed E-state index contributed by atoms with van der Waals surface area (Å²) in [7, 11) is 2.15. The van der Waals surface area contributed by atoms with Crippen LogP contribution in [0.4, 0.5) is 0 Å². The summed E-state index contributed by atoms with van der Waals surface area (Å²) < 4.78 is 5.64. The third-order valence-corrected chi connectivity index (χ3v) is 4.83. The average molecular weight is 342 g/mol. The lowest BCUT2D eigenvalue weighted by Crippen LogP contribution is -2.39. The van der Waals surface area contributed by atoms with E-state index in [1.165, 1.54) is 5.71 Å². The fourth-order valence-electron chi connectivity index (χ4n) is 3.11. The Kier molecular flexibility index (Phi) is 4.81. The van der Waals surface area contributed by atoms with E-state index in [9.17, 15) is 0 Å². The zero-order chi connectivity index (χ0) is 15.7. The van der Waals surface area contributed by atoms with Crippen LogP contribution in [0.5, 0.6) is 5.75 Å². The van der Waals surface area contributed by atoms with E-state index in [1.807, 2.05) is 12.1 Å². The third kappa shape index (κ3) is 3.05. The molecule has 1 aromatic rings. The van der Waals surface area contributed by atoms with E-state index >= 15 is 0 Å². The topological polar surface area (TPSA) is 36.9 Å². The van der Waals surface area contributed by atoms with E-state index in [4.69, 9.17) is 27.9 Å². The minimum Gasteiger partial charge on any atom is -0.490 e. The van der Waals surface area contributed by atoms with Crippen molar-refractivity contribution >= 4 is 28.9 Å². The molecule has 2 aliphatic heterocycles. The zero-order valence-corrected chi connectivity index (χ0v) is 14.4. The van der Waals surface area contributed by atoms with Gasteiger partial charge in [0, 0.05) is 31.1 Å². The smallest absolute Gasteiger partial charge is 0.156 e. The molecule has 1 aromatic carbocycles. The minimum absolute atomic E-state index is 0.132. The lowest BCUT2D eigenvalue weighted by Gasteiger charge is -2.31. The highest BCUT2D eigenvalue weighted by Gasteiger charge is 2.36. The first-order valence-corrected chi connectivity index (χ1v) is 8.48. The molecular formula is C16H21Cl2N3O. The number of hydrazone groups is 1. The van der Waals surface area contributed by atoms with Gasteiger partial charge in [-0.25, -0.2) is 0 Å². The van der Waals surface area contributed by atoms with Gasteiger partial charge in [0.1, 0.15) is 0 Å². The third-order valence-electron chi connectivity index (χ3n) is 4.27. The molecular weight excluding hydrogens is 321 g/mol. The number of nitrogens with one attached hydrogen (secondary N) is 1. The Labute approximate surface area is 141 Å². The first kappa shape index (κ1) is 15.9. The molecule has 0 saturated carbocycles. The van der Waals surface area contributed by atoms with Crippen LogP contribution < -0.4 is 10.2 Å². The highest BCUT2D eigenvalue weighted by Crippen LogP contribution is 2.39. The lowest BCUT2D eigenvalue weighted by atomic mass is 9.86. The molecule has 0 aliphatic carbocycles. The Hall–Kier alpha value is -0.970. The van der Waals surface area contributed by atoms with E-state index in [0.717, 1.165) is 31.5 Å². The Morgan fingerprint density at radius 3 is 2.77 bits per heavy atom. The van der Waals surface area contributed by atoms with Crippen LogP contribution in [0.15, 0.2) is 17.2 Å². The Morgan fingerprint density at radius 2 is 2.09 bits per heavy atom. The molecule has 1 fully saturated rings. The highest BCUT2D eigenvalue weighted by atomic mass is 35.5. The number of hydrogen-bond acceptors (Lipinski definition) is 4. The van der Waals surface area contributed by atoms with Crippen LogP contribution in [0.25, 0.3) is 0 Å². The van der Waals surface area contributed by atoms with Crippen molar-refractivity contribution in [2.24, 2.45) is 11.0 Å². The fourth-order valence-corrected chi connectivity index (χ4v) is 3.72. The highest BCUT2D eigenvalue weighted by molar-refractivity contribution is 6.37. The number of rotatable bonds is 4. The molecule has 4 nitrogen and oxygen atoms in total. The van der Waals surface area contributed by atoms with E-state index in [0.29, 0.717) is 28.3 Å². The van der Waals surface area contributed by atoms with Gasteiger partial charge in [-0.3, -0.25) is 0 Å². The molecule has 0 spiro atoms. The van der Waals surface area contributed by atoms with Gasteiger partial charge in [0.25, 0.3) is 0 Å². The monoisotopic (exact) mass is 341 g/mol. The summed E-state index contributed by atoms with van der Waals surface area (Å²) in [5, 5.41) is 5.63. The summed E-state index contributed by atoms with van der Waals surface area (Å²) in [6, 6.07) is 4.03.